The van der Waals surface area contributed by atoms with Gasteiger partial charge in [-0.2, -0.15) is 0 Å². The van der Waals surface area contributed by atoms with Crippen LogP contribution in [0, 0.1) is 5.82 Å². The number of fused-ring (bicyclic) bond motifs is 1. The van der Waals surface area contributed by atoms with Crippen LogP contribution >= 0.6 is 0 Å². The Morgan fingerprint density at radius 2 is 1.95 bits per heavy atom. The minimum atomic E-state index is -0.271. The van der Waals surface area contributed by atoms with Crippen molar-refractivity contribution in [2.45, 2.75) is 6.54 Å². The van der Waals surface area contributed by atoms with Gasteiger partial charge in [0.1, 0.15) is 5.82 Å². The maximum absolute atomic E-state index is 12.8. The van der Waals surface area contributed by atoms with E-state index in [1.165, 1.54) is 21.2 Å². The van der Waals surface area contributed by atoms with Crippen LogP contribution in [0.2, 0.25) is 0 Å². The average Bonchev–Trinajstić information content (AvgIpc) is 2.78. The Balaban J connectivity index is 1.69. The maximum Gasteiger partial charge on any atom is 0.350 e. The van der Waals surface area contributed by atoms with Crippen LogP contribution in [-0.2, 0) is 6.54 Å². The van der Waals surface area contributed by atoms with E-state index in [1.807, 2.05) is 6.07 Å². The van der Waals surface area contributed by atoms with Gasteiger partial charge in [-0.1, -0.05) is 6.07 Å². The summed E-state index contributed by atoms with van der Waals surface area (Å²) < 4.78 is 15.7. The molecule has 6 heteroatoms. The molecule has 0 unspecified atom stereocenters. The number of rotatable bonds is 4. The number of halogens is 1. The summed E-state index contributed by atoms with van der Waals surface area (Å²) in [5.41, 5.74) is 1.27. The normalized spacial score (nSPS) is 10.8. The lowest BCUT2D eigenvalue weighted by atomic mass is 10.3. The van der Waals surface area contributed by atoms with Crippen molar-refractivity contribution in [3.63, 3.8) is 0 Å². The fraction of sp³-hybridized carbons (Fsp3) is 0.143. The molecule has 102 valence electrons. The lowest BCUT2D eigenvalue weighted by molar-refractivity contribution is 0.613. The van der Waals surface area contributed by atoms with Gasteiger partial charge in [0, 0.05) is 18.4 Å². The molecule has 0 saturated carbocycles. The van der Waals surface area contributed by atoms with Gasteiger partial charge in [-0.3, -0.25) is 4.40 Å². The highest BCUT2D eigenvalue weighted by atomic mass is 19.1. The van der Waals surface area contributed by atoms with Gasteiger partial charge >= 0.3 is 5.69 Å². The number of anilines is 1. The van der Waals surface area contributed by atoms with Gasteiger partial charge in [0.25, 0.3) is 0 Å². The van der Waals surface area contributed by atoms with Crippen LogP contribution < -0.4 is 11.0 Å². The number of aromatic nitrogens is 3. The zero-order valence-electron chi connectivity index (χ0n) is 10.7. The Morgan fingerprint density at radius 1 is 1.15 bits per heavy atom. The molecule has 3 rings (SSSR count). The van der Waals surface area contributed by atoms with E-state index in [9.17, 15) is 9.18 Å². The number of hydrogen-bond donors (Lipinski definition) is 1. The minimum Gasteiger partial charge on any atom is -0.383 e. The molecule has 1 N–H and O–H groups in total. The van der Waals surface area contributed by atoms with E-state index in [0.717, 1.165) is 5.69 Å². The molecule has 0 aliphatic carbocycles. The van der Waals surface area contributed by atoms with Crippen LogP contribution in [-0.4, -0.2) is 20.7 Å². The highest BCUT2D eigenvalue weighted by Gasteiger charge is 2.04. The first-order chi connectivity index (χ1) is 9.74. The van der Waals surface area contributed by atoms with Gasteiger partial charge in [-0.05, 0) is 36.4 Å². The average molecular weight is 272 g/mol. The summed E-state index contributed by atoms with van der Waals surface area (Å²) in [6, 6.07) is 11.5. The largest absolute Gasteiger partial charge is 0.383 e. The molecule has 0 aliphatic heterocycles. The molecule has 0 atom stereocenters. The molecule has 3 aromatic rings. The Hall–Kier alpha value is -2.63. The SMILES string of the molecule is O=c1n(CCNc2ccc(F)cc2)nc2ccccn12. The summed E-state index contributed by atoms with van der Waals surface area (Å²) in [5, 5.41) is 7.34. The Labute approximate surface area is 114 Å². The van der Waals surface area contributed by atoms with E-state index < -0.39 is 0 Å². The van der Waals surface area contributed by atoms with E-state index in [0.29, 0.717) is 18.7 Å². The predicted octanol–water partition coefficient (Wildman–Crippen LogP) is 1.75. The number of nitrogens with zero attached hydrogens (tertiary/aromatic N) is 3. The molecule has 0 aliphatic rings. The van der Waals surface area contributed by atoms with Gasteiger partial charge in [0.2, 0.25) is 0 Å². The van der Waals surface area contributed by atoms with Crippen LogP contribution in [0.4, 0.5) is 10.1 Å². The van der Waals surface area contributed by atoms with E-state index in [2.05, 4.69) is 10.4 Å². The minimum absolute atomic E-state index is 0.165. The van der Waals surface area contributed by atoms with Crippen molar-refractivity contribution in [2.24, 2.45) is 0 Å². The lowest BCUT2D eigenvalue weighted by Crippen LogP contribution is -2.24. The fourth-order valence-corrected chi connectivity index (χ4v) is 1.99. The van der Waals surface area contributed by atoms with Crippen LogP contribution in [0.25, 0.3) is 5.65 Å². The summed E-state index contributed by atoms with van der Waals surface area (Å²) in [5.74, 6) is -0.271. The standard InChI is InChI=1S/C14H13FN4O/c15-11-4-6-12(7-5-11)16-8-10-19-14(20)18-9-2-1-3-13(18)17-19/h1-7,9,16H,8,10H2. The van der Waals surface area contributed by atoms with Crippen molar-refractivity contribution in [2.75, 3.05) is 11.9 Å². The summed E-state index contributed by atoms with van der Waals surface area (Å²) in [4.78, 5) is 12.0. The van der Waals surface area contributed by atoms with Gasteiger partial charge in [-0.25, -0.2) is 13.9 Å². The highest BCUT2D eigenvalue weighted by molar-refractivity contribution is 5.42. The number of hydrogen-bond acceptors (Lipinski definition) is 3. The molecule has 0 fully saturated rings. The summed E-state index contributed by atoms with van der Waals surface area (Å²) in [6.07, 6.45) is 1.69. The molecule has 0 amide bonds. The monoisotopic (exact) mass is 272 g/mol. The van der Waals surface area contributed by atoms with Crippen LogP contribution in [0.3, 0.4) is 0 Å². The number of nitrogens with one attached hydrogen (secondary N) is 1. The van der Waals surface area contributed by atoms with E-state index in [-0.39, 0.29) is 11.5 Å². The molecule has 0 saturated heterocycles. The number of benzene rings is 1. The molecule has 5 nitrogen and oxygen atoms in total. The molecular weight excluding hydrogens is 259 g/mol. The first kappa shape index (κ1) is 12.4. The Bertz CT molecular complexity index is 776. The van der Waals surface area contributed by atoms with Crippen LogP contribution in [0.15, 0.2) is 53.5 Å². The lowest BCUT2D eigenvalue weighted by Gasteiger charge is -2.05. The van der Waals surface area contributed by atoms with Crippen molar-refractivity contribution in [3.8, 4) is 0 Å². The van der Waals surface area contributed by atoms with Gasteiger partial charge in [0.15, 0.2) is 5.65 Å². The van der Waals surface area contributed by atoms with Crippen molar-refractivity contribution in [1.29, 1.82) is 0 Å². The van der Waals surface area contributed by atoms with Gasteiger partial charge in [-0.15, -0.1) is 5.10 Å². The second kappa shape index (κ2) is 5.16. The maximum atomic E-state index is 12.8. The molecule has 2 aromatic heterocycles. The third-order valence-electron chi connectivity index (χ3n) is 2.99. The van der Waals surface area contributed by atoms with E-state index in [1.54, 1.807) is 30.5 Å². The van der Waals surface area contributed by atoms with Crippen LogP contribution in [0.1, 0.15) is 0 Å². The van der Waals surface area contributed by atoms with Crippen molar-refractivity contribution in [1.82, 2.24) is 14.2 Å². The summed E-state index contributed by atoms with van der Waals surface area (Å²) >= 11 is 0. The molecule has 20 heavy (non-hydrogen) atoms. The van der Waals surface area contributed by atoms with Crippen molar-refractivity contribution >= 4 is 11.3 Å². The quantitative estimate of drug-likeness (QED) is 0.787. The van der Waals surface area contributed by atoms with Crippen molar-refractivity contribution in [3.05, 3.63) is 65.0 Å². The highest BCUT2D eigenvalue weighted by Crippen LogP contribution is 2.07. The first-order valence-electron chi connectivity index (χ1n) is 6.28. The third kappa shape index (κ3) is 2.40. The zero-order chi connectivity index (χ0) is 13.9. The fourth-order valence-electron chi connectivity index (χ4n) is 1.99. The van der Waals surface area contributed by atoms with Gasteiger partial charge < -0.3 is 5.32 Å². The molecule has 1 aromatic carbocycles. The smallest absolute Gasteiger partial charge is 0.350 e. The Morgan fingerprint density at radius 3 is 2.70 bits per heavy atom. The second-order valence-electron chi connectivity index (χ2n) is 4.37. The van der Waals surface area contributed by atoms with Gasteiger partial charge in [0.05, 0.1) is 6.54 Å². The molecular formula is C14H13FN4O. The molecule has 2 heterocycles. The molecule has 0 bridgehead atoms. The van der Waals surface area contributed by atoms with Crippen LogP contribution in [0.5, 0.6) is 0 Å². The van der Waals surface area contributed by atoms with E-state index in [4.69, 9.17) is 0 Å². The Kier molecular flexibility index (Phi) is 3.20. The zero-order valence-corrected chi connectivity index (χ0v) is 10.7. The summed E-state index contributed by atoms with van der Waals surface area (Å²) in [7, 11) is 0. The second-order valence-corrected chi connectivity index (χ2v) is 4.37. The summed E-state index contributed by atoms with van der Waals surface area (Å²) in [6.45, 7) is 0.979. The first-order valence-corrected chi connectivity index (χ1v) is 6.28. The predicted molar refractivity (Wildman–Crippen MR) is 74.3 cm³/mol. The number of pyridine rings is 1. The molecule has 0 radical (unpaired) electrons. The van der Waals surface area contributed by atoms with E-state index >= 15 is 0 Å². The third-order valence-corrected chi connectivity index (χ3v) is 2.99. The van der Waals surface area contributed by atoms with Crippen molar-refractivity contribution < 1.29 is 4.39 Å². The topological polar surface area (TPSA) is 51.3 Å². The molecule has 0 spiro atoms.